The molecule has 6 heteroatoms. The molecule has 0 aliphatic heterocycles. The molecule has 4 nitrogen and oxygen atoms in total. The molecule has 3 N–H and O–H groups in total. The molecule has 0 aliphatic rings. The van der Waals surface area contributed by atoms with Crippen LogP contribution < -0.4 is 11.1 Å². The highest BCUT2D eigenvalue weighted by atomic mass is 32.1. The van der Waals surface area contributed by atoms with E-state index in [1.165, 1.54) is 24.3 Å². The summed E-state index contributed by atoms with van der Waals surface area (Å²) in [5, 5.41) is 3.51. The number of nitrogens with one attached hydrogen (secondary N) is 1. The molecule has 0 radical (unpaired) electrons. The van der Waals surface area contributed by atoms with Crippen LogP contribution in [0.2, 0.25) is 0 Å². The predicted molar refractivity (Wildman–Crippen MR) is 71.0 cm³/mol. The molecule has 94 valence electrons. The summed E-state index contributed by atoms with van der Waals surface area (Å²) in [5.41, 5.74) is 7.67. The number of anilines is 2. The third kappa shape index (κ3) is 2.48. The summed E-state index contributed by atoms with van der Waals surface area (Å²) < 4.78 is 13.2. The first-order valence-electron chi connectivity index (χ1n) is 5.28. The summed E-state index contributed by atoms with van der Waals surface area (Å²) in [6.45, 7) is 3.08. The smallest absolute Gasteiger partial charge is 0.223 e. The lowest BCUT2D eigenvalue weighted by atomic mass is 10.1. The summed E-state index contributed by atoms with van der Waals surface area (Å²) in [4.78, 5) is 15.2. The molecule has 0 unspecified atom stereocenters. The van der Waals surface area contributed by atoms with Gasteiger partial charge < -0.3 is 11.1 Å². The van der Waals surface area contributed by atoms with Gasteiger partial charge in [0, 0.05) is 12.5 Å². The first-order valence-corrected chi connectivity index (χ1v) is 6.09. The van der Waals surface area contributed by atoms with Crippen molar-refractivity contribution in [2.45, 2.75) is 13.8 Å². The van der Waals surface area contributed by atoms with Crippen molar-refractivity contribution in [3.05, 3.63) is 29.6 Å². The minimum absolute atomic E-state index is 0.203. The number of rotatable bonds is 2. The predicted octanol–water partition coefficient (Wildman–Crippen LogP) is 2.80. The standard InChI is InChI=1S/C12H12FN3OS/c1-6-5-8(3-4-9(6)13)10-11(14)18-12(16-10)15-7(2)17/h3-5H,14H2,1-2H3,(H,15,16,17). The Kier molecular flexibility index (Phi) is 3.29. The van der Waals surface area contributed by atoms with E-state index in [-0.39, 0.29) is 11.7 Å². The summed E-state index contributed by atoms with van der Waals surface area (Å²) in [7, 11) is 0. The molecule has 0 fully saturated rings. The van der Waals surface area contributed by atoms with Crippen molar-refractivity contribution in [1.82, 2.24) is 4.98 Å². The number of nitrogens with two attached hydrogens (primary N) is 1. The number of aromatic nitrogens is 1. The van der Waals surface area contributed by atoms with Crippen LogP contribution in [0.4, 0.5) is 14.5 Å². The van der Waals surface area contributed by atoms with Crippen LogP contribution in [0.15, 0.2) is 18.2 Å². The molecule has 1 heterocycles. The fourth-order valence-electron chi connectivity index (χ4n) is 1.53. The molecule has 0 atom stereocenters. The van der Waals surface area contributed by atoms with Crippen molar-refractivity contribution in [3.63, 3.8) is 0 Å². The van der Waals surface area contributed by atoms with Gasteiger partial charge in [-0.1, -0.05) is 11.3 Å². The molecule has 0 bridgehead atoms. The second-order valence-corrected chi connectivity index (χ2v) is 4.91. The summed E-state index contributed by atoms with van der Waals surface area (Å²) in [6, 6.07) is 4.67. The van der Waals surface area contributed by atoms with Gasteiger partial charge in [-0.05, 0) is 30.7 Å². The van der Waals surface area contributed by atoms with Gasteiger partial charge in [-0.15, -0.1) is 0 Å². The van der Waals surface area contributed by atoms with Crippen molar-refractivity contribution in [2.75, 3.05) is 11.1 Å². The summed E-state index contributed by atoms with van der Waals surface area (Å²) in [6.07, 6.45) is 0. The molecular weight excluding hydrogens is 253 g/mol. The average molecular weight is 265 g/mol. The first-order chi connectivity index (χ1) is 8.47. The highest BCUT2D eigenvalue weighted by Gasteiger charge is 2.12. The molecular formula is C12H12FN3OS. The van der Waals surface area contributed by atoms with Crippen molar-refractivity contribution < 1.29 is 9.18 Å². The van der Waals surface area contributed by atoms with Crippen LogP contribution in [-0.4, -0.2) is 10.9 Å². The third-order valence-electron chi connectivity index (χ3n) is 2.37. The van der Waals surface area contributed by atoms with Crippen molar-refractivity contribution >= 4 is 27.4 Å². The second kappa shape index (κ2) is 4.73. The van der Waals surface area contributed by atoms with Crippen LogP contribution in [0.3, 0.4) is 0 Å². The number of amides is 1. The molecule has 1 amide bonds. The van der Waals surface area contributed by atoms with E-state index >= 15 is 0 Å². The Morgan fingerprint density at radius 2 is 2.22 bits per heavy atom. The van der Waals surface area contributed by atoms with E-state index in [9.17, 15) is 9.18 Å². The molecule has 0 spiro atoms. The Morgan fingerprint density at radius 1 is 1.50 bits per heavy atom. The lowest BCUT2D eigenvalue weighted by molar-refractivity contribution is -0.114. The fraction of sp³-hybridized carbons (Fsp3) is 0.167. The third-order valence-corrected chi connectivity index (χ3v) is 3.17. The molecule has 1 aromatic heterocycles. The van der Waals surface area contributed by atoms with Gasteiger partial charge in [-0.3, -0.25) is 4.79 Å². The van der Waals surface area contributed by atoms with Gasteiger partial charge in [-0.2, -0.15) is 0 Å². The van der Waals surface area contributed by atoms with Gasteiger partial charge in [0.25, 0.3) is 0 Å². The number of aryl methyl sites for hydroxylation is 1. The number of nitrogen functional groups attached to an aromatic ring is 1. The van der Waals surface area contributed by atoms with Gasteiger partial charge in [0.05, 0.1) is 0 Å². The quantitative estimate of drug-likeness (QED) is 0.877. The molecule has 18 heavy (non-hydrogen) atoms. The van der Waals surface area contributed by atoms with Gasteiger partial charge in [0.15, 0.2) is 5.13 Å². The molecule has 2 rings (SSSR count). The number of halogens is 1. The number of thiazole rings is 1. The summed E-state index contributed by atoms with van der Waals surface area (Å²) in [5.74, 6) is -0.472. The Balaban J connectivity index is 2.41. The molecule has 0 saturated heterocycles. The maximum Gasteiger partial charge on any atom is 0.223 e. The Hall–Kier alpha value is -1.95. The summed E-state index contributed by atoms with van der Waals surface area (Å²) >= 11 is 1.19. The Morgan fingerprint density at radius 3 is 2.83 bits per heavy atom. The van der Waals surface area contributed by atoms with E-state index in [1.807, 2.05) is 0 Å². The molecule has 0 saturated carbocycles. The van der Waals surface area contributed by atoms with Gasteiger partial charge in [0.1, 0.15) is 16.5 Å². The van der Waals surface area contributed by atoms with Crippen molar-refractivity contribution in [3.8, 4) is 11.3 Å². The van der Waals surface area contributed by atoms with Crippen molar-refractivity contribution in [1.29, 1.82) is 0 Å². The van der Waals surface area contributed by atoms with Crippen LogP contribution in [0.1, 0.15) is 12.5 Å². The topological polar surface area (TPSA) is 68.0 Å². The average Bonchev–Trinajstić information content (AvgIpc) is 2.62. The number of hydrogen-bond acceptors (Lipinski definition) is 4. The number of carbonyl (C=O) groups is 1. The van der Waals surface area contributed by atoms with Gasteiger partial charge in [-0.25, -0.2) is 9.37 Å². The zero-order chi connectivity index (χ0) is 13.3. The normalized spacial score (nSPS) is 10.4. The maximum absolute atomic E-state index is 13.2. The van der Waals surface area contributed by atoms with Crippen LogP contribution in [-0.2, 0) is 4.79 Å². The minimum atomic E-state index is -0.269. The number of hydrogen-bond donors (Lipinski definition) is 2. The van der Waals surface area contributed by atoms with Crippen LogP contribution in [0.25, 0.3) is 11.3 Å². The van der Waals surface area contributed by atoms with Crippen LogP contribution >= 0.6 is 11.3 Å². The second-order valence-electron chi connectivity index (χ2n) is 3.88. The van der Waals surface area contributed by atoms with Gasteiger partial charge >= 0.3 is 0 Å². The van der Waals surface area contributed by atoms with E-state index in [2.05, 4.69) is 10.3 Å². The molecule has 2 aromatic rings. The van der Waals surface area contributed by atoms with E-state index in [0.717, 1.165) is 5.56 Å². The Bertz CT molecular complexity index is 609. The lowest BCUT2D eigenvalue weighted by Gasteiger charge is -2.01. The van der Waals surface area contributed by atoms with E-state index < -0.39 is 0 Å². The zero-order valence-corrected chi connectivity index (χ0v) is 10.8. The lowest BCUT2D eigenvalue weighted by Crippen LogP contribution is -2.04. The number of benzene rings is 1. The van der Waals surface area contributed by atoms with E-state index in [0.29, 0.717) is 21.4 Å². The number of carbonyl (C=O) groups excluding carboxylic acids is 1. The van der Waals surface area contributed by atoms with E-state index in [4.69, 9.17) is 5.73 Å². The zero-order valence-electron chi connectivity index (χ0n) is 9.95. The number of nitrogens with zero attached hydrogens (tertiary/aromatic N) is 1. The molecule has 0 aliphatic carbocycles. The van der Waals surface area contributed by atoms with Gasteiger partial charge in [0.2, 0.25) is 5.91 Å². The van der Waals surface area contributed by atoms with Crippen LogP contribution in [0.5, 0.6) is 0 Å². The fourth-order valence-corrected chi connectivity index (χ4v) is 2.33. The van der Waals surface area contributed by atoms with E-state index in [1.54, 1.807) is 19.1 Å². The van der Waals surface area contributed by atoms with Crippen molar-refractivity contribution in [2.24, 2.45) is 0 Å². The largest absolute Gasteiger partial charge is 0.389 e. The Labute approximate surface area is 108 Å². The highest BCUT2D eigenvalue weighted by Crippen LogP contribution is 2.33. The molecule has 1 aromatic carbocycles. The SMILES string of the molecule is CC(=O)Nc1nc(-c2ccc(F)c(C)c2)c(N)s1. The monoisotopic (exact) mass is 265 g/mol. The van der Waals surface area contributed by atoms with Crippen LogP contribution in [0, 0.1) is 12.7 Å². The highest BCUT2D eigenvalue weighted by molar-refractivity contribution is 7.20. The maximum atomic E-state index is 13.2. The minimum Gasteiger partial charge on any atom is -0.389 e. The first kappa shape index (κ1) is 12.5.